The predicted octanol–water partition coefficient (Wildman–Crippen LogP) is 1.93. The van der Waals surface area contributed by atoms with E-state index in [2.05, 4.69) is 9.59 Å². The summed E-state index contributed by atoms with van der Waals surface area (Å²) in [5, 5.41) is 15.5. The molecule has 1 unspecified atom stereocenters. The summed E-state index contributed by atoms with van der Waals surface area (Å²) in [7, 11) is 0. The number of hydrogen-bond donors (Lipinski definition) is 1. The van der Waals surface area contributed by atoms with Crippen LogP contribution in [0.1, 0.15) is 22.9 Å². The average molecular weight is 206 g/mol. The molecule has 2 rings (SSSR count). The second-order valence-electron chi connectivity index (χ2n) is 3.15. The molecule has 2 aromatic rings. The van der Waals surface area contributed by atoms with Crippen LogP contribution < -0.4 is 0 Å². The number of benzene rings is 1. The molecule has 0 spiro atoms. The van der Waals surface area contributed by atoms with E-state index in [1.54, 1.807) is 5.38 Å². The highest BCUT2D eigenvalue weighted by molar-refractivity contribution is 7.03. The Morgan fingerprint density at radius 1 is 1.43 bits per heavy atom. The zero-order valence-corrected chi connectivity index (χ0v) is 8.53. The number of aryl methyl sites for hydroxylation is 1. The first kappa shape index (κ1) is 9.30. The molecule has 1 aromatic carbocycles. The van der Waals surface area contributed by atoms with Crippen LogP contribution in [0, 0.1) is 6.92 Å². The lowest BCUT2D eigenvalue weighted by Gasteiger charge is -2.07. The van der Waals surface area contributed by atoms with Gasteiger partial charge in [0.25, 0.3) is 0 Å². The summed E-state index contributed by atoms with van der Waals surface area (Å²) in [6.07, 6.45) is -0.659. The van der Waals surface area contributed by atoms with Gasteiger partial charge in [-0.15, -0.1) is 5.10 Å². The molecule has 0 aliphatic rings. The molecule has 0 radical (unpaired) electrons. The third kappa shape index (κ3) is 1.81. The van der Waals surface area contributed by atoms with Crippen LogP contribution in [-0.2, 0) is 0 Å². The maximum Gasteiger partial charge on any atom is 0.124 e. The SMILES string of the molecule is Cc1cccc(C(O)c2csnn2)c1. The molecule has 14 heavy (non-hydrogen) atoms. The quantitative estimate of drug-likeness (QED) is 0.816. The molecule has 0 amide bonds. The van der Waals surface area contributed by atoms with E-state index in [0.29, 0.717) is 5.69 Å². The Kier molecular flexibility index (Phi) is 2.56. The van der Waals surface area contributed by atoms with E-state index in [1.165, 1.54) is 11.5 Å². The highest BCUT2D eigenvalue weighted by Crippen LogP contribution is 2.21. The van der Waals surface area contributed by atoms with E-state index in [-0.39, 0.29) is 0 Å². The van der Waals surface area contributed by atoms with Gasteiger partial charge in [-0.2, -0.15) is 0 Å². The lowest BCUT2D eigenvalue weighted by molar-refractivity contribution is 0.215. The van der Waals surface area contributed by atoms with Gasteiger partial charge in [-0.05, 0) is 24.0 Å². The van der Waals surface area contributed by atoms with Gasteiger partial charge in [0.05, 0.1) is 0 Å². The number of aliphatic hydroxyl groups excluding tert-OH is 1. The molecule has 72 valence electrons. The van der Waals surface area contributed by atoms with Crippen molar-refractivity contribution < 1.29 is 5.11 Å². The first-order valence-electron chi connectivity index (χ1n) is 4.29. The topological polar surface area (TPSA) is 46.0 Å². The third-order valence-electron chi connectivity index (χ3n) is 2.01. The zero-order chi connectivity index (χ0) is 9.97. The highest BCUT2D eigenvalue weighted by Gasteiger charge is 2.12. The molecule has 3 nitrogen and oxygen atoms in total. The maximum atomic E-state index is 9.91. The summed E-state index contributed by atoms with van der Waals surface area (Å²) >= 11 is 1.25. The number of aliphatic hydroxyl groups is 1. The van der Waals surface area contributed by atoms with Crippen molar-refractivity contribution in [3.8, 4) is 0 Å². The van der Waals surface area contributed by atoms with Gasteiger partial charge < -0.3 is 5.11 Å². The predicted molar refractivity (Wildman–Crippen MR) is 55.1 cm³/mol. The van der Waals surface area contributed by atoms with Gasteiger partial charge >= 0.3 is 0 Å². The molecule has 4 heteroatoms. The molecule has 1 heterocycles. The second kappa shape index (κ2) is 3.86. The van der Waals surface area contributed by atoms with Crippen molar-refractivity contribution in [2.75, 3.05) is 0 Å². The molecule has 1 aromatic heterocycles. The summed E-state index contributed by atoms with van der Waals surface area (Å²) in [5.41, 5.74) is 2.60. The zero-order valence-electron chi connectivity index (χ0n) is 7.71. The first-order chi connectivity index (χ1) is 6.77. The third-order valence-corrected chi connectivity index (χ3v) is 2.54. The summed E-state index contributed by atoms with van der Waals surface area (Å²) in [6.45, 7) is 2.00. The number of rotatable bonds is 2. The minimum atomic E-state index is -0.659. The number of aromatic nitrogens is 2. The molecule has 0 saturated heterocycles. The molecule has 0 fully saturated rings. The normalized spacial score (nSPS) is 12.7. The Balaban J connectivity index is 2.32. The number of hydrogen-bond acceptors (Lipinski definition) is 4. The van der Waals surface area contributed by atoms with Crippen molar-refractivity contribution in [1.29, 1.82) is 0 Å². The molecule has 0 bridgehead atoms. The second-order valence-corrected chi connectivity index (χ2v) is 3.76. The largest absolute Gasteiger partial charge is 0.382 e. The Morgan fingerprint density at radius 2 is 2.29 bits per heavy atom. The maximum absolute atomic E-state index is 9.91. The molecule has 1 N–H and O–H groups in total. The van der Waals surface area contributed by atoms with Crippen molar-refractivity contribution in [2.45, 2.75) is 13.0 Å². The molecular formula is C10H10N2OS. The molecule has 1 atom stereocenters. The summed E-state index contributed by atoms with van der Waals surface area (Å²) in [6, 6.07) is 7.75. The van der Waals surface area contributed by atoms with Crippen LogP contribution in [0.5, 0.6) is 0 Å². The summed E-state index contributed by atoms with van der Waals surface area (Å²) in [5.74, 6) is 0. The molecule has 0 aliphatic carbocycles. The lowest BCUT2D eigenvalue weighted by Crippen LogP contribution is -2.00. The molecule has 0 saturated carbocycles. The van der Waals surface area contributed by atoms with Crippen LogP contribution in [0.4, 0.5) is 0 Å². The van der Waals surface area contributed by atoms with E-state index in [9.17, 15) is 5.11 Å². The van der Waals surface area contributed by atoms with Gasteiger partial charge in [0, 0.05) is 5.38 Å². The van der Waals surface area contributed by atoms with Crippen LogP contribution >= 0.6 is 11.5 Å². The van der Waals surface area contributed by atoms with Crippen molar-refractivity contribution in [2.24, 2.45) is 0 Å². The Labute approximate surface area is 86.2 Å². The molecule has 0 aliphatic heterocycles. The first-order valence-corrected chi connectivity index (χ1v) is 5.12. The monoisotopic (exact) mass is 206 g/mol. The van der Waals surface area contributed by atoms with Gasteiger partial charge in [-0.25, -0.2) is 0 Å². The highest BCUT2D eigenvalue weighted by atomic mass is 32.1. The fourth-order valence-electron chi connectivity index (χ4n) is 1.30. The van der Waals surface area contributed by atoms with E-state index < -0.39 is 6.10 Å². The average Bonchev–Trinajstić information content (AvgIpc) is 2.69. The van der Waals surface area contributed by atoms with Gasteiger partial charge in [-0.1, -0.05) is 34.3 Å². The van der Waals surface area contributed by atoms with Crippen molar-refractivity contribution in [1.82, 2.24) is 9.59 Å². The van der Waals surface area contributed by atoms with E-state index in [1.807, 2.05) is 31.2 Å². The van der Waals surface area contributed by atoms with E-state index >= 15 is 0 Å². The van der Waals surface area contributed by atoms with E-state index in [4.69, 9.17) is 0 Å². The Bertz CT molecular complexity index is 414. The van der Waals surface area contributed by atoms with Gasteiger partial charge in [0.2, 0.25) is 0 Å². The standard InChI is InChI=1S/C10H10N2OS/c1-7-3-2-4-8(5-7)10(13)9-6-14-12-11-9/h2-6,10,13H,1H3. The van der Waals surface area contributed by atoms with E-state index in [0.717, 1.165) is 11.1 Å². The summed E-state index contributed by atoms with van der Waals surface area (Å²) < 4.78 is 3.72. The smallest absolute Gasteiger partial charge is 0.124 e. The minimum absolute atomic E-state index is 0.612. The van der Waals surface area contributed by atoms with Crippen LogP contribution in [0.15, 0.2) is 29.6 Å². The Hall–Kier alpha value is -1.26. The van der Waals surface area contributed by atoms with Gasteiger partial charge in [0.15, 0.2) is 0 Å². The van der Waals surface area contributed by atoms with Crippen molar-refractivity contribution in [3.05, 3.63) is 46.5 Å². The van der Waals surface area contributed by atoms with Crippen LogP contribution in [0.2, 0.25) is 0 Å². The van der Waals surface area contributed by atoms with Crippen LogP contribution in [0.3, 0.4) is 0 Å². The molecular weight excluding hydrogens is 196 g/mol. The minimum Gasteiger partial charge on any atom is -0.382 e. The Morgan fingerprint density at radius 3 is 2.93 bits per heavy atom. The van der Waals surface area contributed by atoms with Crippen LogP contribution in [0.25, 0.3) is 0 Å². The van der Waals surface area contributed by atoms with Crippen molar-refractivity contribution in [3.63, 3.8) is 0 Å². The van der Waals surface area contributed by atoms with Gasteiger partial charge in [0.1, 0.15) is 11.8 Å². The lowest BCUT2D eigenvalue weighted by atomic mass is 10.1. The van der Waals surface area contributed by atoms with Crippen LogP contribution in [-0.4, -0.2) is 14.7 Å². The fraction of sp³-hybridized carbons (Fsp3) is 0.200. The van der Waals surface area contributed by atoms with Gasteiger partial charge in [-0.3, -0.25) is 0 Å². The van der Waals surface area contributed by atoms with Crippen molar-refractivity contribution >= 4 is 11.5 Å². The number of nitrogens with zero attached hydrogens (tertiary/aromatic N) is 2. The fourth-order valence-corrected chi connectivity index (χ4v) is 1.77. The summed E-state index contributed by atoms with van der Waals surface area (Å²) in [4.78, 5) is 0.